The SMILES string of the molecule is COc1ccc(NC(=O)c2ccc(NS(=O)(=O)CCO)cc2N2CCC3(CC2)CC3)nc1N1CC(F)(F)C1. The Bertz CT molecular complexity index is 1320. The van der Waals surface area contributed by atoms with Crippen LogP contribution < -0.4 is 24.6 Å². The second kappa shape index (κ2) is 9.84. The van der Waals surface area contributed by atoms with Gasteiger partial charge in [0.1, 0.15) is 5.82 Å². The van der Waals surface area contributed by atoms with E-state index in [4.69, 9.17) is 9.84 Å². The van der Waals surface area contributed by atoms with Gasteiger partial charge in [-0.2, -0.15) is 0 Å². The highest BCUT2D eigenvalue weighted by atomic mass is 32.2. The summed E-state index contributed by atoms with van der Waals surface area (Å²) in [5, 5.41) is 11.8. The number of aliphatic hydroxyl groups excluding tert-OH is 1. The van der Waals surface area contributed by atoms with E-state index < -0.39 is 47.3 Å². The molecule has 13 heteroatoms. The summed E-state index contributed by atoms with van der Waals surface area (Å²) in [6.07, 6.45) is 4.42. The molecule has 0 atom stereocenters. The Kier molecular flexibility index (Phi) is 6.84. The molecule has 0 radical (unpaired) electrons. The van der Waals surface area contributed by atoms with E-state index in [1.165, 1.54) is 37.0 Å². The number of alkyl halides is 2. The Hall–Kier alpha value is -3.19. The van der Waals surface area contributed by atoms with E-state index in [1.54, 1.807) is 18.2 Å². The molecule has 3 aliphatic rings. The highest BCUT2D eigenvalue weighted by Crippen LogP contribution is 2.54. The number of hydrogen-bond acceptors (Lipinski definition) is 8. The van der Waals surface area contributed by atoms with Crippen LogP contribution in [0.5, 0.6) is 5.75 Å². The molecule has 206 valence electrons. The van der Waals surface area contributed by atoms with Crippen LogP contribution in [0.15, 0.2) is 30.3 Å². The quantitative estimate of drug-likeness (QED) is 0.435. The van der Waals surface area contributed by atoms with Gasteiger partial charge >= 0.3 is 0 Å². The van der Waals surface area contributed by atoms with E-state index in [9.17, 15) is 22.0 Å². The van der Waals surface area contributed by atoms with Crippen molar-refractivity contribution < 1.29 is 31.8 Å². The molecule has 2 saturated heterocycles. The summed E-state index contributed by atoms with van der Waals surface area (Å²) in [5.41, 5.74) is 1.60. The van der Waals surface area contributed by atoms with E-state index in [-0.39, 0.29) is 11.6 Å². The fourth-order valence-electron chi connectivity index (χ4n) is 5.03. The summed E-state index contributed by atoms with van der Waals surface area (Å²) in [5.74, 6) is -2.99. The van der Waals surface area contributed by atoms with Crippen LogP contribution in [0, 0.1) is 5.41 Å². The third-order valence-electron chi connectivity index (χ3n) is 7.44. The number of ether oxygens (including phenoxy) is 1. The van der Waals surface area contributed by atoms with Gasteiger partial charge in [0.05, 0.1) is 49.5 Å². The maximum atomic E-state index is 13.5. The second-order valence-electron chi connectivity index (χ2n) is 10.3. The molecule has 2 aromatic rings. The van der Waals surface area contributed by atoms with Gasteiger partial charge in [0.15, 0.2) is 11.6 Å². The molecule has 2 aliphatic heterocycles. The summed E-state index contributed by atoms with van der Waals surface area (Å²) < 4.78 is 59.1. The molecule has 1 amide bonds. The normalized spacial score (nSPS) is 19.6. The van der Waals surface area contributed by atoms with Crippen molar-refractivity contribution in [3.8, 4) is 5.75 Å². The van der Waals surface area contributed by atoms with Crippen LogP contribution in [-0.4, -0.2) is 76.0 Å². The zero-order chi connectivity index (χ0) is 27.1. The molecule has 5 rings (SSSR count). The number of aromatic nitrogens is 1. The lowest BCUT2D eigenvalue weighted by atomic mass is 9.93. The standard InChI is InChI=1S/C25H31F2N5O5S/c1-37-20-4-5-21(28-22(20)32-15-25(26,27)16-32)29-23(34)18-3-2-17(30-38(35,36)13-12-33)14-19(18)31-10-8-24(6-7-24)9-11-31/h2-5,14,30,33H,6-13,15-16H2,1H3,(H,28,29,34). The first-order valence-corrected chi connectivity index (χ1v) is 14.2. The lowest BCUT2D eigenvalue weighted by molar-refractivity contribution is -0.0269. The number of rotatable bonds is 9. The van der Waals surface area contributed by atoms with Gasteiger partial charge in [-0.1, -0.05) is 0 Å². The number of carbonyl (C=O) groups is 1. The van der Waals surface area contributed by atoms with Gasteiger partial charge in [-0.05, 0) is 61.4 Å². The molecule has 3 fully saturated rings. The molecule has 1 aliphatic carbocycles. The monoisotopic (exact) mass is 551 g/mol. The number of nitrogens with one attached hydrogen (secondary N) is 2. The van der Waals surface area contributed by atoms with Crippen molar-refractivity contribution in [1.82, 2.24) is 4.98 Å². The average molecular weight is 552 g/mol. The molecule has 0 unspecified atom stereocenters. The van der Waals surface area contributed by atoms with Gasteiger partial charge in [0.25, 0.3) is 11.8 Å². The number of nitrogens with zero attached hydrogens (tertiary/aromatic N) is 3. The molecule has 0 bridgehead atoms. The number of anilines is 4. The van der Waals surface area contributed by atoms with E-state index in [2.05, 4.69) is 19.9 Å². The van der Waals surface area contributed by atoms with Crippen LogP contribution in [0.4, 0.5) is 31.8 Å². The second-order valence-corrected chi connectivity index (χ2v) is 12.1. The third kappa shape index (κ3) is 5.63. The largest absolute Gasteiger partial charge is 0.493 e. The van der Waals surface area contributed by atoms with Crippen molar-refractivity contribution in [2.24, 2.45) is 5.41 Å². The Labute approximate surface area is 220 Å². The minimum absolute atomic E-state index is 0.176. The molecule has 1 aromatic heterocycles. The van der Waals surface area contributed by atoms with Crippen molar-refractivity contribution in [2.45, 2.75) is 31.6 Å². The van der Waals surface area contributed by atoms with Gasteiger partial charge in [-0.3, -0.25) is 9.52 Å². The van der Waals surface area contributed by atoms with E-state index in [1.807, 2.05) is 0 Å². The Morgan fingerprint density at radius 1 is 1.11 bits per heavy atom. The summed E-state index contributed by atoms with van der Waals surface area (Å²) >= 11 is 0. The molecule has 10 nitrogen and oxygen atoms in total. The maximum Gasteiger partial charge on any atom is 0.282 e. The molecule has 1 saturated carbocycles. The van der Waals surface area contributed by atoms with Crippen molar-refractivity contribution in [3.05, 3.63) is 35.9 Å². The van der Waals surface area contributed by atoms with Crippen molar-refractivity contribution in [3.63, 3.8) is 0 Å². The number of methoxy groups -OCH3 is 1. The number of carbonyl (C=O) groups excluding carboxylic acids is 1. The Balaban J connectivity index is 1.40. The number of benzene rings is 1. The van der Waals surface area contributed by atoms with E-state index >= 15 is 0 Å². The van der Waals surface area contributed by atoms with Crippen molar-refractivity contribution >= 4 is 38.9 Å². The summed E-state index contributed by atoms with van der Waals surface area (Å²) in [4.78, 5) is 21.2. The predicted molar refractivity (Wildman–Crippen MR) is 140 cm³/mol. The van der Waals surface area contributed by atoms with Crippen molar-refractivity contribution in [2.75, 3.05) is 65.5 Å². The first kappa shape index (κ1) is 26.4. The molecular weight excluding hydrogens is 520 g/mol. The molecule has 1 spiro atoms. The number of amides is 1. The molecular formula is C25H31F2N5O5S. The zero-order valence-corrected chi connectivity index (χ0v) is 21.9. The Morgan fingerprint density at radius 2 is 1.82 bits per heavy atom. The average Bonchev–Trinajstić information content (AvgIpc) is 3.61. The van der Waals surface area contributed by atoms with E-state index in [0.29, 0.717) is 28.1 Å². The van der Waals surface area contributed by atoms with Crippen LogP contribution in [0.2, 0.25) is 0 Å². The summed E-state index contributed by atoms with van der Waals surface area (Å²) in [6.45, 7) is -0.00468. The zero-order valence-electron chi connectivity index (χ0n) is 21.0. The number of halogens is 2. The van der Waals surface area contributed by atoms with Crippen LogP contribution in [-0.2, 0) is 10.0 Å². The van der Waals surface area contributed by atoms with Crippen molar-refractivity contribution in [1.29, 1.82) is 0 Å². The molecule has 1 aromatic carbocycles. The Morgan fingerprint density at radius 3 is 2.42 bits per heavy atom. The summed E-state index contributed by atoms with van der Waals surface area (Å²) in [6, 6.07) is 7.77. The lowest BCUT2D eigenvalue weighted by Gasteiger charge is -2.40. The van der Waals surface area contributed by atoms with Crippen LogP contribution in [0.25, 0.3) is 0 Å². The van der Waals surface area contributed by atoms with Gasteiger partial charge in [-0.25, -0.2) is 22.2 Å². The number of pyridine rings is 1. The van der Waals surface area contributed by atoms with Gasteiger partial charge in [0.2, 0.25) is 10.0 Å². The minimum Gasteiger partial charge on any atom is -0.493 e. The maximum absolute atomic E-state index is 13.5. The first-order chi connectivity index (χ1) is 18.0. The summed E-state index contributed by atoms with van der Waals surface area (Å²) in [7, 11) is -2.33. The van der Waals surface area contributed by atoms with Crippen LogP contribution >= 0.6 is 0 Å². The topological polar surface area (TPSA) is 124 Å². The van der Waals surface area contributed by atoms with Gasteiger partial charge < -0.3 is 25.0 Å². The van der Waals surface area contributed by atoms with Crippen LogP contribution in [0.1, 0.15) is 36.0 Å². The fraction of sp³-hybridized carbons (Fsp3) is 0.520. The highest BCUT2D eigenvalue weighted by Gasteiger charge is 2.46. The number of aliphatic hydroxyl groups is 1. The number of piperidine rings is 1. The number of sulfonamides is 1. The van der Waals surface area contributed by atoms with E-state index in [0.717, 1.165) is 25.9 Å². The minimum atomic E-state index is -3.75. The van der Waals surface area contributed by atoms with Gasteiger partial charge in [0, 0.05) is 13.1 Å². The highest BCUT2D eigenvalue weighted by molar-refractivity contribution is 7.92. The molecule has 3 heterocycles. The first-order valence-electron chi connectivity index (χ1n) is 12.5. The third-order valence-corrected chi connectivity index (χ3v) is 8.71. The van der Waals surface area contributed by atoms with Gasteiger partial charge in [-0.15, -0.1) is 0 Å². The number of hydrogen-bond donors (Lipinski definition) is 3. The molecule has 3 N–H and O–H groups in total. The smallest absolute Gasteiger partial charge is 0.282 e. The lowest BCUT2D eigenvalue weighted by Crippen LogP contribution is -2.56. The fourth-order valence-corrected chi connectivity index (χ4v) is 5.86. The molecule has 38 heavy (non-hydrogen) atoms. The van der Waals surface area contributed by atoms with Crippen LogP contribution in [0.3, 0.4) is 0 Å². The predicted octanol–water partition coefficient (Wildman–Crippen LogP) is 2.91.